The molecular formula is C29H28N2O. The quantitative estimate of drug-likeness (QED) is 0.388. The topological polar surface area (TPSA) is 33.2 Å². The Hall–Kier alpha value is -3.46. The number of hydrogen-bond donors (Lipinski definition) is 0. The number of aromatic nitrogens is 1. The third-order valence-corrected chi connectivity index (χ3v) is 6.55. The Bertz CT molecular complexity index is 1230. The summed E-state index contributed by atoms with van der Waals surface area (Å²) < 4.78 is 0. The third-order valence-electron chi connectivity index (χ3n) is 6.55. The molecule has 0 atom stereocenters. The maximum atomic E-state index is 13.6. The molecular weight excluding hydrogens is 392 g/mol. The van der Waals surface area contributed by atoms with Gasteiger partial charge in [-0.2, -0.15) is 0 Å². The molecule has 4 aromatic rings. The highest BCUT2D eigenvalue weighted by molar-refractivity contribution is 6.09. The van der Waals surface area contributed by atoms with Gasteiger partial charge in [-0.15, -0.1) is 0 Å². The van der Waals surface area contributed by atoms with E-state index in [1.165, 1.54) is 5.56 Å². The van der Waals surface area contributed by atoms with E-state index in [1.54, 1.807) is 0 Å². The van der Waals surface area contributed by atoms with E-state index in [2.05, 4.69) is 48.5 Å². The summed E-state index contributed by atoms with van der Waals surface area (Å²) in [7, 11) is 0. The normalized spacial score (nSPS) is 14.6. The SMILES string of the molecule is Cc1cc(C(=O)N2CCC(Cc3ccccc3)CC2)c2cccc(-c3ccccc3)c2n1. The molecule has 3 heteroatoms. The van der Waals surface area contributed by atoms with Crippen molar-refractivity contribution in [2.45, 2.75) is 26.2 Å². The molecule has 0 aliphatic carbocycles. The first-order valence-corrected chi connectivity index (χ1v) is 11.5. The van der Waals surface area contributed by atoms with Crippen molar-refractivity contribution in [2.24, 2.45) is 5.92 Å². The monoisotopic (exact) mass is 420 g/mol. The van der Waals surface area contributed by atoms with Gasteiger partial charge in [0, 0.05) is 29.7 Å². The Kier molecular flexibility index (Phi) is 5.72. The van der Waals surface area contributed by atoms with E-state index in [1.807, 2.05) is 48.2 Å². The summed E-state index contributed by atoms with van der Waals surface area (Å²) in [5, 5.41) is 0.938. The fourth-order valence-corrected chi connectivity index (χ4v) is 4.86. The smallest absolute Gasteiger partial charge is 0.254 e. The molecule has 5 rings (SSSR count). The third kappa shape index (κ3) is 4.16. The average Bonchev–Trinajstić information content (AvgIpc) is 2.84. The van der Waals surface area contributed by atoms with Gasteiger partial charge in [0.2, 0.25) is 0 Å². The first kappa shape index (κ1) is 20.4. The second-order valence-corrected chi connectivity index (χ2v) is 8.80. The van der Waals surface area contributed by atoms with E-state index in [9.17, 15) is 4.79 Å². The maximum Gasteiger partial charge on any atom is 0.254 e. The van der Waals surface area contributed by atoms with Crippen molar-refractivity contribution in [3.8, 4) is 11.1 Å². The number of rotatable bonds is 4. The molecule has 1 aliphatic heterocycles. The van der Waals surface area contributed by atoms with Gasteiger partial charge in [-0.3, -0.25) is 9.78 Å². The van der Waals surface area contributed by atoms with Crippen LogP contribution in [0.1, 0.15) is 34.5 Å². The molecule has 1 amide bonds. The average molecular weight is 421 g/mol. The Balaban J connectivity index is 1.40. The number of benzene rings is 3. The summed E-state index contributed by atoms with van der Waals surface area (Å²) >= 11 is 0. The zero-order valence-corrected chi connectivity index (χ0v) is 18.5. The number of likely N-dealkylation sites (tertiary alicyclic amines) is 1. The first-order chi connectivity index (χ1) is 15.7. The summed E-state index contributed by atoms with van der Waals surface area (Å²) in [6, 6.07) is 29.1. The van der Waals surface area contributed by atoms with Crippen molar-refractivity contribution in [3.63, 3.8) is 0 Å². The van der Waals surface area contributed by atoms with Crippen molar-refractivity contribution in [3.05, 3.63) is 102 Å². The van der Waals surface area contributed by atoms with Crippen LogP contribution in [0.15, 0.2) is 84.9 Å². The van der Waals surface area contributed by atoms with Crippen LogP contribution in [0.4, 0.5) is 0 Å². The molecule has 160 valence electrons. The number of aryl methyl sites for hydroxylation is 1. The second-order valence-electron chi connectivity index (χ2n) is 8.80. The number of para-hydroxylation sites is 1. The van der Waals surface area contributed by atoms with E-state index >= 15 is 0 Å². The summed E-state index contributed by atoms with van der Waals surface area (Å²) in [6.45, 7) is 3.61. The molecule has 1 fully saturated rings. The lowest BCUT2D eigenvalue weighted by molar-refractivity contribution is 0.0692. The number of carbonyl (C=O) groups is 1. The van der Waals surface area contributed by atoms with E-state index < -0.39 is 0 Å². The first-order valence-electron chi connectivity index (χ1n) is 11.5. The fraction of sp³-hybridized carbons (Fsp3) is 0.241. The van der Waals surface area contributed by atoms with Crippen LogP contribution in [0.2, 0.25) is 0 Å². The van der Waals surface area contributed by atoms with Crippen LogP contribution in [0.25, 0.3) is 22.0 Å². The largest absolute Gasteiger partial charge is 0.339 e. The van der Waals surface area contributed by atoms with Crippen molar-refractivity contribution < 1.29 is 4.79 Å². The van der Waals surface area contributed by atoms with Gasteiger partial charge >= 0.3 is 0 Å². The van der Waals surface area contributed by atoms with E-state index in [4.69, 9.17) is 4.98 Å². The standard InChI is InChI=1S/C29H28N2O/c1-21-19-27(26-14-8-13-25(28(26)30-21)24-11-6-3-7-12-24)29(32)31-17-15-23(16-18-31)20-22-9-4-2-5-10-22/h2-14,19,23H,15-18,20H2,1H3. The zero-order valence-electron chi connectivity index (χ0n) is 18.5. The van der Waals surface area contributed by atoms with E-state index in [-0.39, 0.29) is 5.91 Å². The van der Waals surface area contributed by atoms with Crippen LogP contribution in [-0.4, -0.2) is 28.9 Å². The van der Waals surface area contributed by atoms with E-state index in [0.29, 0.717) is 5.92 Å². The lowest BCUT2D eigenvalue weighted by Crippen LogP contribution is -2.39. The lowest BCUT2D eigenvalue weighted by Gasteiger charge is -2.32. The molecule has 3 aromatic carbocycles. The molecule has 1 aromatic heterocycles. The summed E-state index contributed by atoms with van der Waals surface area (Å²) in [5.41, 5.74) is 6.14. The number of piperidine rings is 1. The number of nitrogens with zero attached hydrogens (tertiary/aromatic N) is 2. The highest BCUT2D eigenvalue weighted by Crippen LogP contribution is 2.31. The molecule has 0 saturated carbocycles. The summed E-state index contributed by atoms with van der Waals surface area (Å²) in [4.78, 5) is 20.4. The van der Waals surface area contributed by atoms with Crippen LogP contribution >= 0.6 is 0 Å². The number of hydrogen-bond acceptors (Lipinski definition) is 2. The van der Waals surface area contributed by atoms with Crippen LogP contribution < -0.4 is 0 Å². The minimum absolute atomic E-state index is 0.129. The molecule has 0 bridgehead atoms. The highest BCUT2D eigenvalue weighted by Gasteiger charge is 2.25. The lowest BCUT2D eigenvalue weighted by atomic mass is 9.89. The van der Waals surface area contributed by atoms with Gasteiger partial charge in [0.05, 0.1) is 11.1 Å². The van der Waals surface area contributed by atoms with Crippen LogP contribution in [-0.2, 0) is 6.42 Å². The van der Waals surface area contributed by atoms with Crippen molar-refractivity contribution in [2.75, 3.05) is 13.1 Å². The predicted molar refractivity (Wildman–Crippen MR) is 131 cm³/mol. The van der Waals surface area contributed by atoms with Crippen molar-refractivity contribution in [1.82, 2.24) is 9.88 Å². The molecule has 0 spiro atoms. The minimum atomic E-state index is 0.129. The van der Waals surface area contributed by atoms with Crippen molar-refractivity contribution in [1.29, 1.82) is 0 Å². The highest BCUT2D eigenvalue weighted by atomic mass is 16.2. The zero-order chi connectivity index (χ0) is 21.9. The maximum absolute atomic E-state index is 13.6. The Morgan fingerprint density at radius 2 is 1.59 bits per heavy atom. The molecule has 1 saturated heterocycles. The second kappa shape index (κ2) is 8.96. The van der Waals surface area contributed by atoms with Gasteiger partial charge < -0.3 is 4.90 Å². The minimum Gasteiger partial charge on any atom is -0.339 e. The van der Waals surface area contributed by atoms with Gasteiger partial charge in [-0.25, -0.2) is 0 Å². The fourth-order valence-electron chi connectivity index (χ4n) is 4.86. The number of pyridine rings is 1. The van der Waals surface area contributed by atoms with Gasteiger partial charge in [0.15, 0.2) is 0 Å². The summed E-state index contributed by atoms with van der Waals surface area (Å²) in [6.07, 6.45) is 3.20. The van der Waals surface area contributed by atoms with Crippen molar-refractivity contribution >= 4 is 16.8 Å². The molecule has 0 radical (unpaired) electrons. The molecule has 0 unspecified atom stereocenters. The van der Waals surface area contributed by atoms with Crippen LogP contribution in [0, 0.1) is 12.8 Å². The number of fused-ring (bicyclic) bond motifs is 1. The van der Waals surface area contributed by atoms with Gasteiger partial charge in [0.1, 0.15) is 0 Å². The predicted octanol–water partition coefficient (Wildman–Crippen LogP) is 6.31. The molecule has 2 heterocycles. The van der Waals surface area contributed by atoms with Gasteiger partial charge in [-0.05, 0) is 49.3 Å². The van der Waals surface area contributed by atoms with Gasteiger partial charge in [0.25, 0.3) is 5.91 Å². The molecule has 0 N–H and O–H groups in total. The Morgan fingerprint density at radius 3 is 2.31 bits per heavy atom. The number of amides is 1. The Labute approximate surface area is 189 Å². The molecule has 3 nitrogen and oxygen atoms in total. The van der Waals surface area contributed by atoms with Crippen LogP contribution in [0.3, 0.4) is 0 Å². The Morgan fingerprint density at radius 1 is 0.906 bits per heavy atom. The van der Waals surface area contributed by atoms with E-state index in [0.717, 1.165) is 65.6 Å². The van der Waals surface area contributed by atoms with Gasteiger partial charge in [-0.1, -0.05) is 78.9 Å². The van der Waals surface area contributed by atoms with Crippen LogP contribution in [0.5, 0.6) is 0 Å². The summed E-state index contributed by atoms with van der Waals surface area (Å²) in [5.74, 6) is 0.769. The number of carbonyl (C=O) groups excluding carboxylic acids is 1. The molecule has 1 aliphatic rings. The molecule has 32 heavy (non-hydrogen) atoms.